The molecular formula is C17H26N2O. The number of nitrogens with one attached hydrogen (secondary N) is 1. The highest BCUT2D eigenvalue weighted by atomic mass is 16.1. The Kier molecular flexibility index (Phi) is 5.18. The minimum Gasteiger partial charge on any atom is -0.352 e. The second kappa shape index (κ2) is 6.89. The van der Waals surface area contributed by atoms with Gasteiger partial charge in [-0.2, -0.15) is 0 Å². The van der Waals surface area contributed by atoms with Gasteiger partial charge in [-0.3, -0.25) is 4.79 Å². The predicted octanol–water partition coefficient (Wildman–Crippen LogP) is 2.73. The fourth-order valence-corrected chi connectivity index (χ4v) is 2.69. The Balaban J connectivity index is 1.91. The first-order valence-electron chi connectivity index (χ1n) is 7.70. The van der Waals surface area contributed by atoms with Crippen LogP contribution in [0, 0.1) is 12.8 Å². The van der Waals surface area contributed by atoms with E-state index in [4.69, 9.17) is 5.73 Å². The lowest BCUT2D eigenvalue weighted by molar-refractivity contribution is -0.122. The normalized spacial score (nSPS) is 17.6. The Morgan fingerprint density at radius 1 is 1.35 bits per heavy atom. The van der Waals surface area contributed by atoms with Crippen LogP contribution in [0.15, 0.2) is 24.3 Å². The summed E-state index contributed by atoms with van der Waals surface area (Å²) in [5, 5.41) is 3.11. The summed E-state index contributed by atoms with van der Waals surface area (Å²) in [6.45, 7) is 4.77. The number of carbonyl (C=O) groups excluding carboxylic acids is 1. The van der Waals surface area contributed by atoms with Crippen molar-refractivity contribution in [2.75, 3.05) is 6.54 Å². The van der Waals surface area contributed by atoms with E-state index in [-0.39, 0.29) is 11.9 Å². The number of aryl methyl sites for hydroxylation is 1. The number of hydrogen-bond acceptors (Lipinski definition) is 2. The lowest BCUT2D eigenvalue weighted by atomic mass is 9.92. The molecule has 0 radical (unpaired) electrons. The lowest BCUT2D eigenvalue weighted by Gasteiger charge is -2.19. The Morgan fingerprint density at radius 3 is 2.50 bits per heavy atom. The minimum atomic E-state index is 0.139. The van der Waals surface area contributed by atoms with Crippen molar-refractivity contribution in [1.82, 2.24) is 5.32 Å². The van der Waals surface area contributed by atoms with Crippen molar-refractivity contribution in [1.29, 1.82) is 0 Å². The summed E-state index contributed by atoms with van der Waals surface area (Å²) in [7, 11) is 0. The SMILES string of the molecule is CCC(CC(=O)NC(CN)C1CC1)c1ccc(C)cc1. The quantitative estimate of drug-likeness (QED) is 0.803. The maximum Gasteiger partial charge on any atom is 0.220 e. The topological polar surface area (TPSA) is 55.1 Å². The number of amides is 1. The molecule has 1 saturated carbocycles. The van der Waals surface area contributed by atoms with E-state index in [0.717, 1.165) is 6.42 Å². The van der Waals surface area contributed by atoms with E-state index in [1.807, 2.05) is 0 Å². The molecule has 1 amide bonds. The summed E-state index contributed by atoms with van der Waals surface area (Å²) in [5.41, 5.74) is 8.25. The molecule has 2 rings (SSSR count). The highest BCUT2D eigenvalue weighted by molar-refractivity contribution is 5.77. The van der Waals surface area contributed by atoms with Gasteiger partial charge >= 0.3 is 0 Å². The Hall–Kier alpha value is -1.35. The summed E-state index contributed by atoms with van der Waals surface area (Å²) < 4.78 is 0. The Bertz CT molecular complexity index is 437. The molecule has 110 valence electrons. The predicted molar refractivity (Wildman–Crippen MR) is 82.5 cm³/mol. The van der Waals surface area contributed by atoms with Crippen LogP contribution < -0.4 is 11.1 Å². The highest BCUT2D eigenvalue weighted by Gasteiger charge is 2.31. The van der Waals surface area contributed by atoms with E-state index >= 15 is 0 Å². The summed E-state index contributed by atoms with van der Waals surface area (Å²) in [6, 6.07) is 8.68. The molecule has 0 aliphatic heterocycles. The number of rotatable bonds is 7. The van der Waals surface area contributed by atoms with Crippen LogP contribution in [0.4, 0.5) is 0 Å². The van der Waals surface area contributed by atoms with Gasteiger partial charge in [0.05, 0.1) is 0 Å². The number of nitrogens with two attached hydrogens (primary N) is 1. The zero-order valence-corrected chi connectivity index (χ0v) is 12.6. The maximum absolute atomic E-state index is 12.2. The molecule has 3 heteroatoms. The molecule has 0 aromatic heterocycles. The molecule has 1 aromatic carbocycles. The average molecular weight is 274 g/mol. The molecular weight excluding hydrogens is 248 g/mol. The first-order valence-corrected chi connectivity index (χ1v) is 7.70. The molecule has 3 nitrogen and oxygen atoms in total. The van der Waals surface area contributed by atoms with Gasteiger partial charge in [0.1, 0.15) is 0 Å². The summed E-state index contributed by atoms with van der Waals surface area (Å²) in [4.78, 5) is 12.2. The van der Waals surface area contributed by atoms with Crippen LogP contribution in [0.2, 0.25) is 0 Å². The van der Waals surface area contributed by atoms with Crippen LogP contribution in [0.25, 0.3) is 0 Å². The Labute approximate surface area is 121 Å². The summed E-state index contributed by atoms with van der Waals surface area (Å²) in [6.07, 6.45) is 3.95. The van der Waals surface area contributed by atoms with Crippen molar-refractivity contribution in [2.45, 2.75) is 51.5 Å². The zero-order valence-electron chi connectivity index (χ0n) is 12.6. The third kappa shape index (κ3) is 4.07. The molecule has 2 atom stereocenters. The highest BCUT2D eigenvalue weighted by Crippen LogP contribution is 2.32. The van der Waals surface area contributed by atoms with Gasteiger partial charge in [0.15, 0.2) is 0 Å². The largest absolute Gasteiger partial charge is 0.352 e. The van der Waals surface area contributed by atoms with Gasteiger partial charge in [0.2, 0.25) is 5.91 Å². The van der Waals surface area contributed by atoms with Crippen molar-refractivity contribution < 1.29 is 4.79 Å². The molecule has 0 spiro atoms. The standard InChI is InChI=1S/C17H26N2O/c1-3-13(14-6-4-12(2)5-7-14)10-17(20)19-16(11-18)15-8-9-15/h4-7,13,15-16H,3,8-11,18H2,1-2H3,(H,19,20). The molecule has 3 N–H and O–H groups in total. The monoisotopic (exact) mass is 274 g/mol. The number of hydrogen-bond donors (Lipinski definition) is 2. The van der Waals surface area contributed by atoms with Gasteiger partial charge in [0.25, 0.3) is 0 Å². The van der Waals surface area contributed by atoms with Gasteiger partial charge < -0.3 is 11.1 Å². The van der Waals surface area contributed by atoms with Crippen molar-refractivity contribution >= 4 is 5.91 Å². The van der Waals surface area contributed by atoms with Crippen LogP contribution in [0.1, 0.15) is 49.7 Å². The van der Waals surface area contributed by atoms with E-state index in [0.29, 0.717) is 24.8 Å². The van der Waals surface area contributed by atoms with Gasteiger partial charge in [0, 0.05) is 19.0 Å². The van der Waals surface area contributed by atoms with E-state index < -0.39 is 0 Å². The van der Waals surface area contributed by atoms with Crippen molar-refractivity contribution in [2.24, 2.45) is 11.7 Å². The van der Waals surface area contributed by atoms with Crippen molar-refractivity contribution in [3.8, 4) is 0 Å². The third-order valence-electron chi connectivity index (χ3n) is 4.26. The summed E-state index contributed by atoms with van der Waals surface area (Å²) >= 11 is 0. The molecule has 1 fully saturated rings. The smallest absolute Gasteiger partial charge is 0.220 e. The van der Waals surface area contributed by atoms with Crippen LogP contribution in [0.3, 0.4) is 0 Å². The zero-order chi connectivity index (χ0) is 14.5. The molecule has 1 aromatic rings. The Morgan fingerprint density at radius 2 is 2.00 bits per heavy atom. The molecule has 2 unspecified atom stereocenters. The third-order valence-corrected chi connectivity index (χ3v) is 4.26. The molecule has 1 aliphatic carbocycles. The minimum absolute atomic E-state index is 0.139. The molecule has 0 heterocycles. The molecule has 20 heavy (non-hydrogen) atoms. The average Bonchev–Trinajstić information content (AvgIpc) is 3.28. The number of benzene rings is 1. The second-order valence-electron chi connectivity index (χ2n) is 5.97. The first kappa shape index (κ1) is 15.0. The fraction of sp³-hybridized carbons (Fsp3) is 0.588. The van der Waals surface area contributed by atoms with Crippen LogP contribution >= 0.6 is 0 Å². The number of carbonyl (C=O) groups is 1. The van der Waals surface area contributed by atoms with Gasteiger partial charge in [-0.15, -0.1) is 0 Å². The van der Waals surface area contributed by atoms with Gasteiger partial charge in [-0.1, -0.05) is 36.8 Å². The first-order chi connectivity index (χ1) is 9.63. The van der Waals surface area contributed by atoms with E-state index in [2.05, 4.69) is 43.4 Å². The molecule has 1 aliphatic rings. The maximum atomic E-state index is 12.2. The molecule has 0 saturated heterocycles. The van der Waals surface area contributed by atoms with E-state index in [1.54, 1.807) is 0 Å². The van der Waals surface area contributed by atoms with E-state index in [1.165, 1.54) is 24.0 Å². The molecule has 0 bridgehead atoms. The van der Waals surface area contributed by atoms with Gasteiger partial charge in [-0.05, 0) is 43.6 Å². The van der Waals surface area contributed by atoms with Crippen LogP contribution in [-0.4, -0.2) is 18.5 Å². The van der Waals surface area contributed by atoms with Crippen LogP contribution in [0.5, 0.6) is 0 Å². The fourth-order valence-electron chi connectivity index (χ4n) is 2.69. The second-order valence-corrected chi connectivity index (χ2v) is 5.97. The summed E-state index contributed by atoms with van der Waals surface area (Å²) in [5.74, 6) is 1.05. The van der Waals surface area contributed by atoms with Crippen LogP contribution in [-0.2, 0) is 4.79 Å². The van der Waals surface area contributed by atoms with Crippen molar-refractivity contribution in [3.63, 3.8) is 0 Å². The lowest BCUT2D eigenvalue weighted by Crippen LogP contribution is -2.42. The van der Waals surface area contributed by atoms with Gasteiger partial charge in [-0.25, -0.2) is 0 Å². The van der Waals surface area contributed by atoms with E-state index in [9.17, 15) is 4.79 Å². The van der Waals surface area contributed by atoms with Crippen molar-refractivity contribution in [3.05, 3.63) is 35.4 Å².